The Kier molecular flexibility index (Phi) is 9.74. The number of benzene rings is 2. The molecule has 6 heteroatoms. The first kappa shape index (κ1) is 23.3. The van der Waals surface area contributed by atoms with Gasteiger partial charge in [-0.3, -0.25) is 14.4 Å². The van der Waals surface area contributed by atoms with Crippen LogP contribution < -0.4 is 5.32 Å². The van der Waals surface area contributed by atoms with E-state index >= 15 is 0 Å². The average molecular weight is 411 g/mol. The van der Waals surface area contributed by atoms with Gasteiger partial charge in [0, 0.05) is 24.9 Å². The van der Waals surface area contributed by atoms with Crippen LogP contribution in [0, 0.1) is 0 Å². The van der Waals surface area contributed by atoms with Gasteiger partial charge >= 0.3 is 11.9 Å². The molecule has 0 heterocycles. The van der Waals surface area contributed by atoms with E-state index in [1.807, 2.05) is 48.5 Å². The zero-order valence-electron chi connectivity index (χ0n) is 17.4. The molecular weight excluding hydrogens is 382 g/mol. The summed E-state index contributed by atoms with van der Waals surface area (Å²) in [4.78, 5) is 34.9. The third-order valence-electron chi connectivity index (χ3n) is 4.69. The largest absolute Gasteiger partial charge is 0.481 e. The van der Waals surface area contributed by atoms with Crippen molar-refractivity contribution < 1.29 is 24.2 Å². The molecule has 0 radical (unpaired) electrons. The Morgan fingerprint density at radius 2 is 1.70 bits per heavy atom. The minimum Gasteiger partial charge on any atom is -0.481 e. The summed E-state index contributed by atoms with van der Waals surface area (Å²) < 4.78 is 4.91. The highest BCUT2D eigenvalue weighted by Gasteiger charge is 2.14. The fourth-order valence-electron chi connectivity index (χ4n) is 3.13. The highest BCUT2D eigenvalue weighted by atomic mass is 16.5. The molecule has 0 spiro atoms. The molecule has 0 aromatic heterocycles. The van der Waals surface area contributed by atoms with Crippen molar-refractivity contribution in [3.05, 3.63) is 59.7 Å². The maximum Gasteiger partial charge on any atom is 0.305 e. The minimum absolute atomic E-state index is 0.0277. The second-order valence-electron chi connectivity index (χ2n) is 6.99. The van der Waals surface area contributed by atoms with Crippen LogP contribution >= 0.6 is 0 Å². The van der Waals surface area contributed by atoms with Crippen molar-refractivity contribution in [1.29, 1.82) is 0 Å². The van der Waals surface area contributed by atoms with E-state index in [-0.39, 0.29) is 24.6 Å². The molecule has 0 aliphatic heterocycles. The molecule has 0 aliphatic carbocycles. The number of ketones is 1. The summed E-state index contributed by atoms with van der Waals surface area (Å²) in [6, 6.07) is 15.5. The van der Waals surface area contributed by atoms with Crippen LogP contribution in [0.1, 0.15) is 54.9 Å². The molecule has 2 N–H and O–H groups in total. The molecule has 0 amide bonds. The lowest BCUT2D eigenvalue weighted by Crippen LogP contribution is -2.18. The Bertz CT molecular complexity index is 848. The number of hydrogen-bond donors (Lipinski definition) is 2. The fraction of sp³-hybridized carbons (Fsp3) is 0.375. The highest BCUT2D eigenvalue weighted by molar-refractivity contribution is 5.99. The van der Waals surface area contributed by atoms with E-state index in [1.54, 1.807) is 6.92 Å². The van der Waals surface area contributed by atoms with E-state index in [0.717, 1.165) is 29.5 Å². The molecule has 30 heavy (non-hydrogen) atoms. The average Bonchev–Trinajstić information content (AvgIpc) is 2.75. The number of carbonyl (C=O) groups is 3. The molecule has 0 bridgehead atoms. The Labute approximate surface area is 177 Å². The standard InChI is InChI=1S/C24H29NO5/c1-2-30-24(29)10-6-7-15-25-17-20-12-11-19(18-8-4-3-5-9-18)16-21(20)22(26)13-14-23(27)28/h3-5,8-9,11-12,16,25H,2,6-7,10,13-15,17H2,1H3,(H,27,28). The molecule has 160 valence electrons. The van der Waals surface area contributed by atoms with Crippen LogP contribution in [0.15, 0.2) is 48.5 Å². The van der Waals surface area contributed by atoms with Crippen LogP contribution in [-0.4, -0.2) is 36.0 Å². The first-order valence-electron chi connectivity index (χ1n) is 10.3. The van der Waals surface area contributed by atoms with Crippen LogP contribution in [0.2, 0.25) is 0 Å². The number of rotatable bonds is 13. The second-order valence-corrected chi connectivity index (χ2v) is 6.99. The van der Waals surface area contributed by atoms with Gasteiger partial charge in [-0.2, -0.15) is 0 Å². The van der Waals surface area contributed by atoms with Gasteiger partial charge in [0.05, 0.1) is 13.0 Å². The van der Waals surface area contributed by atoms with E-state index in [1.165, 1.54) is 0 Å². The molecule has 0 saturated heterocycles. The third kappa shape index (κ3) is 7.79. The molecule has 0 unspecified atom stereocenters. The van der Waals surface area contributed by atoms with Gasteiger partial charge in [0.2, 0.25) is 0 Å². The molecule has 6 nitrogen and oxygen atoms in total. The first-order valence-corrected chi connectivity index (χ1v) is 10.3. The zero-order valence-corrected chi connectivity index (χ0v) is 17.4. The Hall–Kier alpha value is -2.99. The van der Waals surface area contributed by atoms with E-state index in [4.69, 9.17) is 9.84 Å². The normalized spacial score (nSPS) is 10.6. The summed E-state index contributed by atoms with van der Waals surface area (Å²) in [6.07, 6.45) is 1.75. The van der Waals surface area contributed by atoms with Crippen molar-refractivity contribution >= 4 is 17.7 Å². The lowest BCUT2D eigenvalue weighted by Gasteiger charge is -2.12. The van der Waals surface area contributed by atoms with Gasteiger partial charge in [-0.05, 0) is 49.1 Å². The summed E-state index contributed by atoms with van der Waals surface area (Å²) in [7, 11) is 0. The molecule has 0 fully saturated rings. The fourth-order valence-corrected chi connectivity index (χ4v) is 3.13. The van der Waals surface area contributed by atoms with Gasteiger partial charge in [0.25, 0.3) is 0 Å². The number of nitrogens with one attached hydrogen (secondary N) is 1. The van der Waals surface area contributed by atoms with Gasteiger partial charge < -0.3 is 15.2 Å². The molecule has 2 aromatic carbocycles. The van der Waals surface area contributed by atoms with E-state index in [9.17, 15) is 14.4 Å². The van der Waals surface area contributed by atoms with Crippen LogP contribution in [-0.2, 0) is 20.9 Å². The van der Waals surface area contributed by atoms with Crippen molar-refractivity contribution in [3.63, 3.8) is 0 Å². The van der Waals surface area contributed by atoms with Gasteiger partial charge in [-0.25, -0.2) is 0 Å². The second kappa shape index (κ2) is 12.5. The summed E-state index contributed by atoms with van der Waals surface area (Å²) in [6.45, 7) is 3.40. The molecule has 0 atom stereocenters. The SMILES string of the molecule is CCOC(=O)CCCCNCc1ccc(-c2ccccc2)cc1C(=O)CCC(=O)O. The van der Waals surface area contributed by atoms with Crippen molar-refractivity contribution in [2.45, 2.75) is 45.6 Å². The number of aliphatic carboxylic acids is 1. The summed E-state index contributed by atoms with van der Waals surface area (Å²) in [5, 5.41) is 12.2. The third-order valence-corrected chi connectivity index (χ3v) is 4.69. The summed E-state index contributed by atoms with van der Waals surface area (Å²) in [5.41, 5.74) is 3.32. The predicted octanol–water partition coefficient (Wildman–Crippen LogP) is 4.22. The molecule has 0 saturated carbocycles. The van der Waals surface area contributed by atoms with E-state index < -0.39 is 5.97 Å². The van der Waals surface area contributed by atoms with Crippen molar-refractivity contribution in [3.8, 4) is 11.1 Å². The molecule has 2 aromatic rings. The Balaban J connectivity index is 2.01. The zero-order chi connectivity index (χ0) is 21.8. The Morgan fingerprint density at radius 3 is 2.40 bits per heavy atom. The lowest BCUT2D eigenvalue weighted by molar-refractivity contribution is -0.143. The Morgan fingerprint density at radius 1 is 0.933 bits per heavy atom. The monoisotopic (exact) mass is 411 g/mol. The number of unbranched alkanes of at least 4 members (excludes halogenated alkanes) is 1. The molecular formula is C24H29NO5. The van der Waals surface area contributed by atoms with Crippen molar-refractivity contribution in [2.75, 3.05) is 13.2 Å². The molecule has 2 rings (SSSR count). The lowest BCUT2D eigenvalue weighted by atomic mass is 9.95. The van der Waals surface area contributed by atoms with Gasteiger partial charge in [-0.15, -0.1) is 0 Å². The van der Waals surface area contributed by atoms with Crippen LogP contribution in [0.5, 0.6) is 0 Å². The number of ether oxygens (including phenoxy) is 1. The maximum absolute atomic E-state index is 12.7. The number of carboxylic acids is 1. The van der Waals surface area contributed by atoms with Crippen molar-refractivity contribution in [1.82, 2.24) is 5.32 Å². The van der Waals surface area contributed by atoms with Crippen LogP contribution in [0.4, 0.5) is 0 Å². The summed E-state index contributed by atoms with van der Waals surface area (Å²) in [5.74, 6) is -1.33. The predicted molar refractivity (Wildman–Crippen MR) is 115 cm³/mol. The summed E-state index contributed by atoms with van der Waals surface area (Å²) >= 11 is 0. The van der Waals surface area contributed by atoms with E-state index in [2.05, 4.69) is 5.32 Å². The number of Topliss-reactive ketones (excluding diaryl/α,β-unsaturated/α-hetero) is 1. The highest BCUT2D eigenvalue weighted by Crippen LogP contribution is 2.24. The van der Waals surface area contributed by atoms with Gasteiger partial charge in [-0.1, -0.05) is 42.5 Å². The topological polar surface area (TPSA) is 92.7 Å². The van der Waals surface area contributed by atoms with E-state index in [0.29, 0.717) is 31.7 Å². The number of esters is 1. The van der Waals surface area contributed by atoms with Gasteiger partial charge in [0.1, 0.15) is 0 Å². The van der Waals surface area contributed by atoms with Gasteiger partial charge in [0.15, 0.2) is 5.78 Å². The smallest absolute Gasteiger partial charge is 0.305 e. The maximum atomic E-state index is 12.7. The quantitative estimate of drug-likeness (QED) is 0.291. The van der Waals surface area contributed by atoms with Crippen molar-refractivity contribution in [2.24, 2.45) is 0 Å². The first-order chi connectivity index (χ1) is 14.5. The molecule has 0 aliphatic rings. The number of hydrogen-bond acceptors (Lipinski definition) is 5. The van der Waals surface area contributed by atoms with Crippen LogP contribution in [0.25, 0.3) is 11.1 Å². The van der Waals surface area contributed by atoms with Crippen LogP contribution in [0.3, 0.4) is 0 Å². The number of carboxylic acid groups (broad SMARTS) is 1. The minimum atomic E-state index is -0.983. The number of carbonyl (C=O) groups excluding carboxylic acids is 2.